The highest BCUT2D eigenvalue weighted by molar-refractivity contribution is 6.42. The Morgan fingerprint density at radius 3 is 3.05 bits per heavy atom. The summed E-state index contributed by atoms with van der Waals surface area (Å²) in [5.74, 6) is 0.626. The van der Waals surface area contributed by atoms with Crippen LogP contribution in [0.1, 0.15) is 19.8 Å². The first-order valence-electron chi connectivity index (χ1n) is 6.60. The monoisotopic (exact) mass is 303 g/mol. The van der Waals surface area contributed by atoms with E-state index in [1.54, 1.807) is 6.07 Å². The molecule has 0 amide bonds. The van der Waals surface area contributed by atoms with Crippen molar-refractivity contribution in [3.63, 3.8) is 0 Å². The minimum atomic E-state index is 0.328. The summed E-state index contributed by atoms with van der Waals surface area (Å²) in [7, 11) is 0. The van der Waals surface area contributed by atoms with Gasteiger partial charge in [0.1, 0.15) is 17.4 Å². The van der Waals surface area contributed by atoms with Crippen molar-refractivity contribution >= 4 is 23.2 Å². The van der Waals surface area contributed by atoms with Crippen molar-refractivity contribution in [2.75, 3.05) is 19.8 Å². The van der Waals surface area contributed by atoms with Crippen LogP contribution in [0, 0.1) is 0 Å². The highest BCUT2D eigenvalue weighted by Crippen LogP contribution is 2.31. The standard InChI is InChI=1S/C14H19Cl2NO2/c1-10(12-6-3-8-18-12)17-7-9-19-13-5-2-4-11(15)14(13)16/h2,4-5,10,12,17H,3,6-9H2,1H3. The van der Waals surface area contributed by atoms with E-state index in [0.717, 1.165) is 26.0 Å². The van der Waals surface area contributed by atoms with Crippen LogP contribution in [0.3, 0.4) is 0 Å². The summed E-state index contributed by atoms with van der Waals surface area (Å²) in [6.07, 6.45) is 2.62. The Bertz CT molecular complexity index is 408. The van der Waals surface area contributed by atoms with Gasteiger partial charge in [-0.25, -0.2) is 0 Å². The molecule has 0 bridgehead atoms. The van der Waals surface area contributed by atoms with Crippen LogP contribution in [-0.4, -0.2) is 31.9 Å². The Labute approximate surface area is 124 Å². The smallest absolute Gasteiger partial charge is 0.139 e. The largest absolute Gasteiger partial charge is 0.491 e. The number of nitrogens with one attached hydrogen (secondary N) is 1. The van der Waals surface area contributed by atoms with Gasteiger partial charge in [0.2, 0.25) is 0 Å². The first kappa shape index (κ1) is 14.9. The van der Waals surface area contributed by atoms with E-state index in [4.69, 9.17) is 32.7 Å². The minimum absolute atomic E-state index is 0.328. The highest BCUT2D eigenvalue weighted by Gasteiger charge is 2.21. The molecule has 0 saturated carbocycles. The Balaban J connectivity index is 1.70. The molecule has 1 heterocycles. The number of hydrogen-bond donors (Lipinski definition) is 1. The van der Waals surface area contributed by atoms with Crippen molar-refractivity contribution < 1.29 is 9.47 Å². The Hall–Kier alpha value is -0.480. The van der Waals surface area contributed by atoms with Gasteiger partial charge in [-0.15, -0.1) is 0 Å². The molecule has 2 atom stereocenters. The Morgan fingerprint density at radius 2 is 2.32 bits per heavy atom. The fourth-order valence-corrected chi connectivity index (χ4v) is 2.52. The maximum atomic E-state index is 6.04. The molecule has 1 N–H and O–H groups in total. The van der Waals surface area contributed by atoms with Crippen molar-refractivity contribution in [1.29, 1.82) is 0 Å². The van der Waals surface area contributed by atoms with E-state index < -0.39 is 0 Å². The zero-order chi connectivity index (χ0) is 13.7. The molecule has 1 saturated heterocycles. The van der Waals surface area contributed by atoms with E-state index in [1.807, 2.05) is 12.1 Å². The van der Waals surface area contributed by atoms with Crippen molar-refractivity contribution in [3.05, 3.63) is 28.2 Å². The number of rotatable bonds is 6. The molecule has 0 aromatic heterocycles. The lowest BCUT2D eigenvalue weighted by atomic mass is 10.1. The van der Waals surface area contributed by atoms with E-state index in [-0.39, 0.29) is 0 Å². The summed E-state index contributed by atoms with van der Waals surface area (Å²) in [4.78, 5) is 0. The third kappa shape index (κ3) is 4.25. The molecule has 19 heavy (non-hydrogen) atoms. The summed E-state index contributed by atoms with van der Waals surface area (Å²) in [6.45, 7) is 4.33. The van der Waals surface area contributed by atoms with E-state index in [1.165, 1.54) is 0 Å². The van der Waals surface area contributed by atoms with Crippen LogP contribution < -0.4 is 10.1 Å². The number of halogens is 2. The van der Waals surface area contributed by atoms with Crippen LogP contribution in [0.2, 0.25) is 10.0 Å². The molecule has 106 valence electrons. The molecule has 1 aliphatic rings. The molecule has 2 unspecified atom stereocenters. The summed E-state index contributed by atoms with van der Waals surface area (Å²) in [5.41, 5.74) is 0. The third-order valence-electron chi connectivity index (χ3n) is 3.26. The average Bonchev–Trinajstić information content (AvgIpc) is 2.93. The van der Waals surface area contributed by atoms with Crippen molar-refractivity contribution in [3.8, 4) is 5.75 Å². The molecule has 3 nitrogen and oxygen atoms in total. The van der Waals surface area contributed by atoms with Crippen molar-refractivity contribution in [2.24, 2.45) is 0 Å². The van der Waals surface area contributed by atoms with Gasteiger partial charge in [0.25, 0.3) is 0 Å². The van der Waals surface area contributed by atoms with E-state index in [2.05, 4.69) is 12.2 Å². The summed E-state index contributed by atoms with van der Waals surface area (Å²) >= 11 is 12.0. The van der Waals surface area contributed by atoms with Crippen LogP contribution in [0.15, 0.2) is 18.2 Å². The molecular weight excluding hydrogens is 285 g/mol. The average molecular weight is 304 g/mol. The van der Waals surface area contributed by atoms with Gasteiger partial charge < -0.3 is 14.8 Å². The molecule has 1 aromatic rings. The maximum absolute atomic E-state index is 6.04. The molecule has 1 aromatic carbocycles. The predicted molar refractivity (Wildman–Crippen MR) is 78.4 cm³/mol. The second kappa shape index (κ2) is 7.34. The van der Waals surface area contributed by atoms with E-state index in [0.29, 0.717) is 34.5 Å². The van der Waals surface area contributed by atoms with Gasteiger partial charge in [0, 0.05) is 19.2 Å². The van der Waals surface area contributed by atoms with Gasteiger partial charge >= 0.3 is 0 Å². The lowest BCUT2D eigenvalue weighted by Gasteiger charge is -2.20. The molecular formula is C14H19Cl2NO2. The van der Waals surface area contributed by atoms with E-state index >= 15 is 0 Å². The van der Waals surface area contributed by atoms with Gasteiger partial charge in [-0.05, 0) is 31.9 Å². The maximum Gasteiger partial charge on any atom is 0.139 e. The number of ether oxygens (including phenoxy) is 2. The topological polar surface area (TPSA) is 30.5 Å². The number of hydrogen-bond acceptors (Lipinski definition) is 3. The van der Waals surface area contributed by atoms with E-state index in [9.17, 15) is 0 Å². The van der Waals surface area contributed by atoms with Gasteiger partial charge in [0.05, 0.1) is 11.1 Å². The van der Waals surface area contributed by atoms with Gasteiger partial charge in [-0.3, -0.25) is 0 Å². The fraction of sp³-hybridized carbons (Fsp3) is 0.571. The first-order chi connectivity index (χ1) is 9.18. The normalized spacial score (nSPS) is 20.5. The summed E-state index contributed by atoms with van der Waals surface area (Å²) in [5, 5.41) is 4.39. The van der Waals surface area contributed by atoms with Crippen molar-refractivity contribution in [1.82, 2.24) is 5.32 Å². The second-order valence-electron chi connectivity index (χ2n) is 4.69. The van der Waals surface area contributed by atoms with Gasteiger partial charge in [-0.1, -0.05) is 29.3 Å². The summed E-state index contributed by atoms with van der Waals surface area (Å²) < 4.78 is 11.2. The quantitative estimate of drug-likeness (QED) is 0.816. The number of benzene rings is 1. The van der Waals surface area contributed by atoms with Crippen LogP contribution in [0.5, 0.6) is 5.75 Å². The molecule has 0 radical (unpaired) electrons. The van der Waals surface area contributed by atoms with Crippen LogP contribution >= 0.6 is 23.2 Å². The predicted octanol–water partition coefficient (Wildman–Crippen LogP) is 3.53. The highest BCUT2D eigenvalue weighted by atomic mass is 35.5. The minimum Gasteiger partial charge on any atom is -0.491 e. The van der Waals surface area contributed by atoms with Crippen molar-refractivity contribution in [2.45, 2.75) is 31.9 Å². The fourth-order valence-electron chi connectivity index (χ4n) is 2.17. The third-order valence-corrected chi connectivity index (χ3v) is 4.07. The molecule has 1 fully saturated rings. The lowest BCUT2D eigenvalue weighted by molar-refractivity contribution is 0.0824. The van der Waals surface area contributed by atoms with Crippen LogP contribution in [0.25, 0.3) is 0 Å². The van der Waals surface area contributed by atoms with Gasteiger partial charge in [0.15, 0.2) is 0 Å². The molecule has 0 aliphatic carbocycles. The second-order valence-corrected chi connectivity index (χ2v) is 5.48. The first-order valence-corrected chi connectivity index (χ1v) is 7.36. The summed E-state index contributed by atoms with van der Waals surface area (Å²) in [6, 6.07) is 5.74. The zero-order valence-electron chi connectivity index (χ0n) is 11.0. The van der Waals surface area contributed by atoms with Crippen LogP contribution in [-0.2, 0) is 4.74 Å². The lowest BCUT2D eigenvalue weighted by Crippen LogP contribution is -2.39. The Morgan fingerprint density at radius 1 is 1.47 bits per heavy atom. The molecule has 0 spiro atoms. The Kier molecular flexibility index (Phi) is 5.76. The van der Waals surface area contributed by atoms with Crippen LogP contribution in [0.4, 0.5) is 0 Å². The van der Waals surface area contributed by atoms with Gasteiger partial charge in [-0.2, -0.15) is 0 Å². The molecule has 5 heteroatoms. The zero-order valence-corrected chi connectivity index (χ0v) is 12.5. The molecule has 1 aliphatic heterocycles. The SMILES string of the molecule is CC(NCCOc1cccc(Cl)c1Cl)C1CCCO1. The molecule has 2 rings (SSSR count).